The Morgan fingerprint density at radius 1 is 1.10 bits per heavy atom. The summed E-state index contributed by atoms with van der Waals surface area (Å²) in [5, 5.41) is 10.9. The number of carbonyl (C=O) groups is 1. The summed E-state index contributed by atoms with van der Waals surface area (Å²) < 4.78 is 0. The number of carboxylic acids is 1. The fourth-order valence-corrected chi connectivity index (χ4v) is 4.48. The minimum atomic E-state index is -0.870. The molecular formula is C27H29NO2. The van der Waals surface area contributed by atoms with Crippen LogP contribution in [0.5, 0.6) is 0 Å². The molecule has 1 aliphatic rings. The van der Waals surface area contributed by atoms with Crippen molar-refractivity contribution in [2.45, 2.75) is 47.5 Å². The fraction of sp³-hybridized carbons (Fsp3) is 0.333. The molecule has 4 rings (SSSR count). The summed E-state index contributed by atoms with van der Waals surface area (Å²) in [6.07, 6.45) is 3.86. The fourth-order valence-electron chi connectivity index (χ4n) is 4.48. The number of benzene rings is 2. The van der Waals surface area contributed by atoms with Crippen LogP contribution in [0.3, 0.4) is 0 Å². The number of hydrogen-bond acceptors (Lipinski definition) is 2. The van der Waals surface area contributed by atoms with Gasteiger partial charge in [-0.15, -0.1) is 0 Å². The Bertz CT molecular complexity index is 1180. The van der Waals surface area contributed by atoms with Crippen molar-refractivity contribution < 1.29 is 9.90 Å². The van der Waals surface area contributed by atoms with E-state index in [0.29, 0.717) is 11.5 Å². The van der Waals surface area contributed by atoms with Crippen molar-refractivity contribution in [3.8, 4) is 0 Å². The van der Waals surface area contributed by atoms with E-state index in [1.165, 1.54) is 16.7 Å². The zero-order chi connectivity index (χ0) is 21.6. The Morgan fingerprint density at radius 2 is 1.83 bits per heavy atom. The van der Waals surface area contributed by atoms with Gasteiger partial charge in [0.25, 0.3) is 0 Å². The zero-order valence-electron chi connectivity index (χ0n) is 18.4. The van der Waals surface area contributed by atoms with E-state index in [-0.39, 0.29) is 5.41 Å². The van der Waals surface area contributed by atoms with Crippen LogP contribution < -0.4 is 0 Å². The predicted molar refractivity (Wildman–Crippen MR) is 124 cm³/mol. The van der Waals surface area contributed by atoms with Crippen LogP contribution in [0.25, 0.3) is 22.6 Å². The molecule has 3 nitrogen and oxygen atoms in total. The molecule has 0 fully saturated rings. The molecule has 30 heavy (non-hydrogen) atoms. The van der Waals surface area contributed by atoms with Gasteiger partial charge >= 0.3 is 5.97 Å². The molecule has 0 bridgehead atoms. The maximum atomic E-state index is 12.4. The van der Waals surface area contributed by atoms with Crippen LogP contribution in [-0.4, -0.2) is 16.1 Å². The van der Waals surface area contributed by atoms with Crippen LogP contribution in [0.4, 0.5) is 0 Å². The van der Waals surface area contributed by atoms with Gasteiger partial charge in [0.1, 0.15) is 0 Å². The first-order valence-electron chi connectivity index (χ1n) is 10.6. The molecule has 3 aromatic rings. The second-order valence-corrected chi connectivity index (χ2v) is 9.64. The standard InChI is InChI=1S/C27H29NO2/c1-16-10-11-17(2)18(12-16)13-19-14-20(27(3,4)5)15-22-24(26(29)30)21-8-6-7-9-23(21)28-25(19)22/h6-13,20H,14-15H2,1-5H3,(H,29,30)/b19-13-/t20-/m1/s1. The molecular weight excluding hydrogens is 370 g/mol. The van der Waals surface area contributed by atoms with Gasteiger partial charge < -0.3 is 5.11 Å². The van der Waals surface area contributed by atoms with Crippen LogP contribution >= 0.6 is 0 Å². The highest BCUT2D eigenvalue weighted by Crippen LogP contribution is 2.44. The number of hydrogen-bond donors (Lipinski definition) is 1. The van der Waals surface area contributed by atoms with E-state index in [1.807, 2.05) is 24.3 Å². The first kappa shape index (κ1) is 20.3. The summed E-state index contributed by atoms with van der Waals surface area (Å²) in [7, 11) is 0. The second kappa shape index (κ2) is 7.39. The number of para-hydroxylation sites is 1. The van der Waals surface area contributed by atoms with E-state index in [1.54, 1.807) is 0 Å². The first-order valence-corrected chi connectivity index (χ1v) is 10.6. The van der Waals surface area contributed by atoms with Crippen molar-refractivity contribution in [2.75, 3.05) is 0 Å². The maximum Gasteiger partial charge on any atom is 0.336 e. The molecule has 1 aromatic heterocycles. The van der Waals surface area contributed by atoms with Crippen molar-refractivity contribution in [2.24, 2.45) is 11.3 Å². The van der Waals surface area contributed by atoms with Crippen LogP contribution in [-0.2, 0) is 6.42 Å². The van der Waals surface area contributed by atoms with E-state index in [4.69, 9.17) is 4.98 Å². The van der Waals surface area contributed by atoms with Gasteiger partial charge in [-0.25, -0.2) is 9.78 Å². The number of aryl methyl sites for hydroxylation is 2. The van der Waals surface area contributed by atoms with Gasteiger partial charge in [-0.3, -0.25) is 0 Å². The molecule has 1 N–H and O–H groups in total. The molecule has 0 aliphatic heterocycles. The summed E-state index contributed by atoms with van der Waals surface area (Å²) in [6.45, 7) is 10.9. The van der Waals surface area contributed by atoms with E-state index in [0.717, 1.165) is 40.6 Å². The number of aromatic carboxylic acids is 1. The molecule has 0 spiro atoms. The molecule has 2 aromatic carbocycles. The van der Waals surface area contributed by atoms with Crippen molar-refractivity contribution in [3.63, 3.8) is 0 Å². The van der Waals surface area contributed by atoms with Crippen molar-refractivity contribution in [1.82, 2.24) is 4.98 Å². The number of carboxylic acid groups (broad SMARTS) is 1. The Hall–Kier alpha value is -2.94. The number of allylic oxidation sites excluding steroid dienone is 1. The van der Waals surface area contributed by atoms with E-state index in [2.05, 4.69) is 58.9 Å². The Balaban J connectivity index is 2.03. The smallest absolute Gasteiger partial charge is 0.336 e. The van der Waals surface area contributed by atoms with Crippen LogP contribution in [0.2, 0.25) is 0 Å². The third-order valence-corrected chi connectivity index (χ3v) is 6.42. The summed E-state index contributed by atoms with van der Waals surface area (Å²) in [5.41, 5.74) is 7.71. The van der Waals surface area contributed by atoms with Gasteiger partial charge in [-0.1, -0.05) is 62.7 Å². The quantitative estimate of drug-likeness (QED) is 0.522. The molecule has 154 valence electrons. The van der Waals surface area contributed by atoms with E-state index >= 15 is 0 Å². The van der Waals surface area contributed by atoms with Gasteiger partial charge in [-0.2, -0.15) is 0 Å². The number of fused-ring (bicyclic) bond motifs is 2. The van der Waals surface area contributed by atoms with E-state index < -0.39 is 5.97 Å². The first-order chi connectivity index (χ1) is 14.1. The van der Waals surface area contributed by atoms with Gasteiger partial charge in [0.05, 0.1) is 16.8 Å². The average molecular weight is 400 g/mol. The van der Waals surface area contributed by atoms with Gasteiger partial charge in [0.2, 0.25) is 0 Å². The Kier molecular flexibility index (Phi) is 5.01. The number of nitrogens with zero attached hydrogens (tertiary/aromatic N) is 1. The van der Waals surface area contributed by atoms with Crippen LogP contribution in [0, 0.1) is 25.2 Å². The molecule has 0 amide bonds. The molecule has 0 saturated heterocycles. The van der Waals surface area contributed by atoms with Gasteiger partial charge in [0.15, 0.2) is 0 Å². The molecule has 3 heteroatoms. The molecule has 1 atom stereocenters. The topological polar surface area (TPSA) is 50.2 Å². The van der Waals surface area contributed by atoms with Crippen LogP contribution in [0.1, 0.15) is 65.5 Å². The van der Waals surface area contributed by atoms with Crippen LogP contribution in [0.15, 0.2) is 42.5 Å². The number of aromatic nitrogens is 1. The minimum Gasteiger partial charge on any atom is -0.478 e. The molecule has 0 unspecified atom stereocenters. The number of pyridine rings is 1. The normalized spacial score (nSPS) is 17.9. The highest BCUT2D eigenvalue weighted by Gasteiger charge is 2.35. The summed E-state index contributed by atoms with van der Waals surface area (Å²) in [6, 6.07) is 14.1. The molecule has 1 heterocycles. The van der Waals surface area contributed by atoms with E-state index in [9.17, 15) is 9.90 Å². The number of rotatable bonds is 2. The predicted octanol–water partition coefficient (Wildman–Crippen LogP) is 6.70. The lowest BCUT2D eigenvalue weighted by Crippen LogP contribution is -2.28. The third kappa shape index (κ3) is 3.65. The SMILES string of the molecule is Cc1ccc(C)c(/C=C2/C[C@@H](C(C)(C)C)Cc3c2nc2ccccc2c3C(=O)O)c1. The summed E-state index contributed by atoms with van der Waals surface area (Å²) in [5.74, 6) is -0.520. The second-order valence-electron chi connectivity index (χ2n) is 9.64. The largest absolute Gasteiger partial charge is 0.478 e. The van der Waals surface area contributed by atoms with Crippen molar-refractivity contribution >= 4 is 28.5 Å². The summed E-state index contributed by atoms with van der Waals surface area (Å²) >= 11 is 0. The van der Waals surface area contributed by atoms with Gasteiger partial charge in [0, 0.05) is 5.39 Å². The molecule has 0 saturated carbocycles. The Morgan fingerprint density at radius 3 is 2.53 bits per heavy atom. The zero-order valence-corrected chi connectivity index (χ0v) is 18.4. The minimum absolute atomic E-state index is 0.0693. The van der Waals surface area contributed by atoms with Crippen molar-refractivity contribution in [3.05, 3.63) is 76.0 Å². The maximum absolute atomic E-state index is 12.4. The molecule has 1 aliphatic carbocycles. The lowest BCUT2D eigenvalue weighted by Gasteiger charge is -2.36. The Labute approximate surface area is 178 Å². The van der Waals surface area contributed by atoms with Gasteiger partial charge in [-0.05, 0) is 72.4 Å². The lowest BCUT2D eigenvalue weighted by atomic mass is 9.69. The molecule has 0 radical (unpaired) electrons. The third-order valence-electron chi connectivity index (χ3n) is 6.42. The summed E-state index contributed by atoms with van der Waals surface area (Å²) in [4.78, 5) is 17.3. The lowest BCUT2D eigenvalue weighted by molar-refractivity contribution is 0.0696. The highest BCUT2D eigenvalue weighted by atomic mass is 16.4. The van der Waals surface area contributed by atoms with Crippen molar-refractivity contribution in [1.29, 1.82) is 0 Å². The highest BCUT2D eigenvalue weighted by molar-refractivity contribution is 6.06. The average Bonchev–Trinajstić information content (AvgIpc) is 2.68. The monoisotopic (exact) mass is 399 g/mol.